The van der Waals surface area contributed by atoms with Crippen molar-refractivity contribution in [2.75, 3.05) is 17.5 Å². The van der Waals surface area contributed by atoms with E-state index in [2.05, 4.69) is 10.0 Å². The first-order valence-corrected chi connectivity index (χ1v) is 8.32. The fourth-order valence-corrected chi connectivity index (χ4v) is 2.37. The molecule has 0 bridgehead atoms. The summed E-state index contributed by atoms with van der Waals surface area (Å²) in [6.45, 7) is -0.0178. The first-order valence-electron chi connectivity index (χ1n) is 6.43. The van der Waals surface area contributed by atoms with Gasteiger partial charge in [0.2, 0.25) is 10.0 Å². The van der Waals surface area contributed by atoms with Gasteiger partial charge in [-0.3, -0.25) is 9.52 Å². The van der Waals surface area contributed by atoms with Crippen LogP contribution >= 0.6 is 0 Å². The molecule has 0 aliphatic heterocycles. The van der Waals surface area contributed by atoms with Crippen molar-refractivity contribution in [3.8, 4) is 0 Å². The molecule has 1 amide bonds. The number of furan rings is 1. The van der Waals surface area contributed by atoms with Gasteiger partial charge in [-0.25, -0.2) is 8.42 Å². The SMILES string of the molecule is CS(=O)(=O)Nc1cccc(C(=O)NCC(O)c2ccco2)c1. The van der Waals surface area contributed by atoms with Crippen molar-refractivity contribution in [1.29, 1.82) is 0 Å². The van der Waals surface area contributed by atoms with E-state index in [0.29, 0.717) is 11.4 Å². The molecule has 0 aliphatic rings. The number of benzene rings is 1. The average Bonchev–Trinajstić information content (AvgIpc) is 2.97. The van der Waals surface area contributed by atoms with Crippen molar-refractivity contribution in [2.45, 2.75) is 6.10 Å². The molecule has 1 aromatic heterocycles. The van der Waals surface area contributed by atoms with Crippen LogP contribution in [-0.2, 0) is 10.0 Å². The molecule has 3 N–H and O–H groups in total. The minimum atomic E-state index is -3.41. The van der Waals surface area contributed by atoms with Gasteiger partial charge in [0.1, 0.15) is 11.9 Å². The topological polar surface area (TPSA) is 109 Å². The van der Waals surface area contributed by atoms with E-state index in [4.69, 9.17) is 4.42 Å². The Kier molecular flexibility index (Phi) is 4.84. The molecule has 1 aromatic carbocycles. The van der Waals surface area contributed by atoms with Crippen LogP contribution in [0.3, 0.4) is 0 Å². The maximum absolute atomic E-state index is 12.0. The van der Waals surface area contributed by atoms with Gasteiger partial charge in [0.25, 0.3) is 5.91 Å². The Labute approximate surface area is 128 Å². The number of amides is 1. The van der Waals surface area contributed by atoms with Gasteiger partial charge in [-0.1, -0.05) is 6.07 Å². The summed E-state index contributed by atoms with van der Waals surface area (Å²) in [5.74, 6) is -0.0736. The third-order valence-corrected chi connectivity index (χ3v) is 3.36. The van der Waals surface area contributed by atoms with Crippen molar-refractivity contribution >= 4 is 21.6 Å². The standard InChI is InChI=1S/C14H16N2O5S/c1-22(19,20)16-11-5-2-4-10(8-11)14(18)15-9-12(17)13-6-3-7-21-13/h2-8,12,16-17H,9H2,1H3,(H,15,18). The molecule has 0 spiro atoms. The number of rotatable bonds is 6. The van der Waals surface area contributed by atoms with E-state index < -0.39 is 22.0 Å². The number of aliphatic hydroxyl groups excluding tert-OH is 1. The Bertz CT molecular complexity index is 740. The van der Waals surface area contributed by atoms with Gasteiger partial charge in [0.15, 0.2) is 0 Å². The molecule has 2 rings (SSSR count). The van der Waals surface area contributed by atoms with Gasteiger partial charge in [0, 0.05) is 11.3 Å². The van der Waals surface area contributed by atoms with Gasteiger partial charge < -0.3 is 14.8 Å². The lowest BCUT2D eigenvalue weighted by atomic mass is 10.2. The monoisotopic (exact) mass is 324 g/mol. The third-order valence-electron chi connectivity index (χ3n) is 2.76. The molecule has 0 radical (unpaired) electrons. The zero-order valence-corrected chi connectivity index (χ0v) is 12.6. The van der Waals surface area contributed by atoms with Crippen molar-refractivity contribution in [1.82, 2.24) is 5.32 Å². The lowest BCUT2D eigenvalue weighted by Crippen LogP contribution is -2.28. The first-order chi connectivity index (χ1) is 10.3. The van der Waals surface area contributed by atoms with E-state index in [1.807, 2.05) is 0 Å². The molecule has 0 saturated heterocycles. The lowest BCUT2D eigenvalue weighted by molar-refractivity contribution is 0.0901. The van der Waals surface area contributed by atoms with E-state index in [1.54, 1.807) is 24.3 Å². The highest BCUT2D eigenvalue weighted by Crippen LogP contribution is 2.14. The van der Waals surface area contributed by atoms with Crippen LogP contribution < -0.4 is 10.0 Å². The predicted molar refractivity (Wildman–Crippen MR) is 80.9 cm³/mol. The zero-order chi connectivity index (χ0) is 16.2. The Morgan fingerprint density at radius 3 is 2.73 bits per heavy atom. The van der Waals surface area contributed by atoms with Crippen LogP contribution in [0.15, 0.2) is 47.1 Å². The van der Waals surface area contributed by atoms with Crippen LogP contribution in [0, 0.1) is 0 Å². The molecule has 8 heteroatoms. The van der Waals surface area contributed by atoms with E-state index in [0.717, 1.165) is 6.26 Å². The molecule has 118 valence electrons. The van der Waals surface area contributed by atoms with E-state index in [9.17, 15) is 18.3 Å². The van der Waals surface area contributed by atoms with E-state index in [1.165, 1.54) is 18.4 Å². The summed E-state index contributed by atoms with van der Waals surface area (Å²) in [6.07, 6.45) is 1.51. The number of carbonyl (C=O) groups excluding carboxylic acids is 1. The highest BCUT2D eigenvalue weighted by molar-refractivity contribution is 7.92. The number of sulfonamides is 1. The number of anilines is 1. The van der Waals surface area contributed by atoms with Gasteiger partial charge in [-0.05, 0) is 30.3 Å². The van der Waals surface area contributed by atoms with E-state index in [-0.39, 0.29) is 12.1 Å². The molecule has 2 aromatic rings. The highest BCUT2D eigenvalue weighted by Gasteiger charge is 2.13. The van der Waals surface area contributed by atoms with Crippen LogP contribution in [0.25, 0.3) is 0 Å². The van der Waals surface area contributed by atoms with Crippen LogP contribution in [0.4, 0.5) is 5.69 Å². The number of aliphatic hydroxyl groups is 1. The minimum Gasteiger partial charge on any atom is -0.467 e. The molecule has 7 nitrogen and oxygen atoms in total. The molecule has 0 saturated carbocycles. The van der Waals surface area contributed by atoms with Gasteiger partial charge in [0.05, 0.1) is 19.1 Å². The van der Waals surface area contributed by atoms with Gasteiger partial charge in [-0.2, -0.15) is 0 Å². The Morgan fingerprint density at radius 1 is 1.32 bits per heavy atom. The fourth-order valence-electron chi connectivity index (χ4n) is 1.81. The summed E-state index contributed by atoms with van der Waals surface area (Å²) in [6, 6.07) is 9.30. The molecule has 22 heavy (non-hydrogen) atoms. The van der Waals surface area contributed by atoms with Crippen LogP contribution in [0.2, 0.25) is 0 Å². The average molecular weight is 324 g/mol. The molecule has 0 aliphatic carbocycles. The fraction of sp³-hybridized carbons (Fsp3) is 0.214. The quantitative estimate of drug-likeness (QED) is 0.737. The van der Waals surface area contributed by atoms with Crippen LogP contribution in [-0.4, -0.2) is 32.2 Å². The van der Waals surface area contributed by atoms with Crippen molar-refractivity contribution < 1.29 is 22.7 Å². The number of nitrogens with one attached hydrogen (secondary N) is 2. The summed E-state index contributed by atoms with van der Waals surface area (Å²) in [7, 11) is -3.41. The molecule has 1 unspecified atom stereocenters. The Balaban J connectivity index is 1.99. The molecular weight excluding hydrogens is 308 g/mol. The molecule has 0 fully saturated rings. The highest BCUT2D eigenvalue weighted by atomic mass is 32.2. The van der Waals surface area contributed by atoms with Crippen molar-refractivity contribution in [2.24, 2.45) is 0 Å². The maximum atomic E-state index is 12.0. The van der Waals surface area contributed by atoms with Crippen molar-refractivity contribution in [3.63, 3.8) is 0 Å². The Hall–Kier alpha value is -2.32. The summed E-state index contributed by atoms with van der Waals surface area (Å²) in [4.78, 5) is 12.0. The van der Waals surface area contributed by atoms with Gasteiger partial charge >= 0.3 is 0 Å². The summed E-state index contributed by atoms with van der Waals surface area (Å²) >= 11 is 0. The third kappa shape index (κ3) is 4.61. The van der Waals surface area contributed by atoms with Crippen LogP contribution in [0.1, 0.15) is 22.2 Å². The second-order valence-electron chi connectivity index (χ2n) is 4.70. The number of hydrogen-bond acceptors (Lipinski definition) is 5. The molecule has 1 heterocycles. The predicted octanol–water partition coefficient (Wildman–Crippen LogP) is 1.11. The molecular formula is C14H16N2O5S. The minimum absolute atomic E-state index is 0.0178. The molecule has 1 atom stereocenters. The van der Waals surface area contributed by atoms with E-state index >= 15 is 0 Å². The smallest absolute Gasteiger partial charge is 0.251 e. The second-order valence-corrected chi connectivity index (χ2v) is 6.44. The maximum Gasteiger partial charge on any atom is 0.251 e. The van der Waals surface area contributed by atoms with Gasteiger partial charge in [-0.15, -0.1) is 0 Å². The zero-order valence-electron chi connectivity index (χ0n) is 11.8. The number of carbonyl (C=O) groups is 1. The van der Waals surface area contributed by atoms with Crippen molar-refractivity contribution in [3.05, 3.63) is 54.0 Å². The first kappa shape index (κ1) is 16.1. The number of hydrogen-bond donors (Lipinski definition) is 3. The second kappa shape index (κ2) is 6.63. The largest absolute Gasteiger partial charge is 0.467 e. The van der Waals surface area contributed by atoms with Crippen LogP contribution in [0.5, 0.6) is 0 Å². The Morgan fingerprint density at radius 2 is 2.09 bits per heavy atom. The summed E-state index contributed by atoms with van der Waals surface area (Å²) in [5, 5.41) is 12.4. The normalized spacial score (nSPS) is 12.6. The summed E-state index contributed by atoms with van der Waals surface area (Å²) in [5.41, 5.74) is 0.571. The lowest BCUT2D eigenvalue weighted by Gasteiger charge is -2.10. The summed E-state index contributed by atoms with van der Waals surface area (Å²) < 4.78 is 29.7.